The lowest BCUT2D eigenvalue weighted by molar-refractivity contribution is 0.112. The molecule has 0 aliphatic carbocycles. The van der Waals surface area contributed by atoms with Gasteiger partial charge in [-0.05, 0) is 23.8 Å². The van der Waals surface area contributed by atoms with Gasteiger partial charge in [-0.25, -0.2) is 9.98 Å². The summed E-state index contributed by atoms with van der Waals surface area (Å²) in [6.45, 7) is 0. The normalized spacial score (nSPS) is 11.2. The molecule has 0 bridgehead atoms. The van der Waals surface area contributed by atoms with Crippen LogP contribution >= 0.6 is 23.1 Å². The molecule has 0 atom stereocenters. The Bertz CT molecular complexity index is 870. The van der Waals surface area contributed by atoms with Gasteiger partial charge < -0.3 is 4.90 Å². The molecule has 1 aromatic heterocycles. The number of benzene rings is 2. The summed E-state index contributed by atoms with van der Waals surface area (Å²) in [5, 5.41) is 0. The van der Waals surface area contributed by atoms with Crippen molar-refractivity contribution >= 4 is 51.6 Å². The van der Waals surface area contributed by atoms with Crippen LogP contribution in [0.1, 0.15) is 15.9 Å². The molecule has 0 saturated carbocycles. The summed E-state index contributed by atoms with van der Waals surface area (Å²) < 4.78 is 2.18. The van der Waals surface area contributed by atoms with E-state index in [0.29, 0.717) is 5.56 Å². The van der Waals surface area contributed by atoms with Gasteiger partial charge in [-0.1, -0.05) is 36.0 Å². The van der Waals surface area contributed by atoms with Gasteiger partial charge in [0.25, 0.3) is 0 Å². The van der Waals surface area contributed by atoms with Crippen molar-refractivity contribution in [1.29, 1.82) is 0 Å². The number of thiazole rings is 1. The van der Waals surface area contributed by atoms with E-state index < -0.39 is 0 Å². The first kappa shape index (κ1) is 16.7. The maximum absolute atomic E-state index is 10.7. The third kappa shape index (κ3) is 4.21. The van der Waals surface area contributed by atoms with Crippen molar-refractivity contribution < 1.29 is 4.79 Å². The van der Waals surface area contributed by atoms with Gasteiger partial charge in [0.2, 0.25) is 0 Å². The molecular weight excluding hydrogens is 338 g/mol. The highest BCUT2D eigenvalue weighted by molar-refractivity contribution is 8.00. The molecule has 0 spiro atoms. The fourth-order valence-electron chi connectivity index (χ4n) is 2.05. The number of aromatic nitrogens is 1. The maximum atomic E-state index is 10.7. The minimum absolute atomic E-state index is 0.703. The first-order chi connectivity index (χ1) is 11.6. The second-order valence-electron chi connectivity index (χ2n) is 5.49. The molecule has 6 heteroatoms. The number of rotatable bonds is 6. The van der Waals surface area contributed by atoms with E-state index in [1.807, 2.05) is 55.4 Å². The van der Waals surface area contributed by atoms with Crippen LogP contribution in [-0.2, 0) is 5.75 Å². The lowest BCUT2D eigenvalue weighted by Gasteiger charge is -2.01. The highest BCUT2D eigenvalue weighted by atomic mass is 32.2. The number of hydrogen-bond acceptors (Lipinski definition) is 5. The van der Waals surface area contributed by atoms with E-state index >= 15 is 0 Å². The fourth-order valence-corrected chi connectivity index (χ4v) is 4.11. The van der Waals surface area contributed by atoms with Crippen LogP contribution in [0.5, 0.6) is 0 Å². The highest BCUT2D eigenvalue weighted by Crippen LogP contribution is 2.33. The van der Waals surface area contributed by atoms with Crippen LogP contribution in [-0.4, -0.2) is 36.6 Å². The van der Waals surface area contributed by atoms with E-state index in [-0.39, 0.29) is 0 Å². The van der Waals surface area contributed by atoms with Crippen LogP contribution in [0, 0.1) is 0 Å². The van der Waals surface area contributed by atoms with Gasteiger partial charge in [-0.15, -0.1) is 11.3 Å². The summed E-state index contributed by atoms with van der Waals surface area (Å²) in [4.78, 5) is 21.7. The molecule has 0 N–H and O–H groups in total. The molecule has 1 heterocycles. The molecule has 0 radical (unpaired) electrons. The van der Waals surface area contributed by atoms with Crippen molar-refractivity contribution in [3.05, 3.63) is 53.6 Å². The van der Waals surface area contributed by atoms with Crippen LogP contribution in [0.15, 0.2) is 51.8 Å². The van der Waals surface area contributed by atoms with Gasteiger partial charge in [0, 0.05) is 25.4 Å². The first-order valence-electron chi connectivity index (χ1n) is 7.42. The number of fused-ring (bicyclic) bond motifs is 1. The van der Waals surface area contributed by atoms with Gasteiger partial charge in [-0.2, -0.15) is 0 Å². The third-order valence-electron chi connectivity index (χ3n) is 3.27. The Morgan fingerprint density at radius 2 is 2.00 bits per heavy atom. The molecule has 122 valence electrons. The van der Waals surface area contributed by atoms with Crippen molar-refractivity contribution in [2.75, 3.05) is 14.1 Å². The number of aliphatic imine (C=N–C) groups is 1. The second-order valence-corrected chi connectivity index (χ2v) is 7.74. The van der Waals surface area contributed by atoms with E-state index in [1.165, 1.54) is 5.56 Å². The molecule has 0 unspecified atom stereocenters. The van der Waals surface area contributed by atoms with Gasteiger partial charge in [-0.3, -0.25) is 4.79 Å². The lowest BCUT2D eigenvalue weighted by Crippen LogP contribution is -2.06. The number of hydrogen-bond donors (Lipinski definition) is 0. The molecule has 2 aromatic carbocycles. The van der Waals surface area contributed by atoms with Crippen molar-refractivity contribution in [3.63, 3.8) is 0 Å². The average Bonchev–Trinajstić information content (AvgIpc) is 3.00. The molecule has 3 rings (SSSR count). The smallest absolute Gasteiger partial charge is 0.151 e. The minimum atomic E-state index is 0.703. The molecule has 24 heavy (non-hydrogen) atoms. The fraction of sp³-hybridized carbons (Fsp3) is 0.167. The molecule has 3 aromatic rings. The summed E-state index contributed by atoms with van der Waals surface area (Å²) >= 11 is 3.39. The summed E-state index contributed by atoms with van der Waals surface area (Å²) in [5.41, 5.74) is 3.82. The molecule has 0 aliphatic heterocycles. The summed E-state index contributed by atoms with van der Waals surface area (Å²) in [6.07, 6.45) is 2.65. The lowest BCUT2D eigenvalue weighted by atomic mass is 10.2. The SMILES string of the molecule is CN(C)C=Nc1ccc2nc(SCc3ccc(C=O)cc3)sc2c1. The average molecular weight is 355 g/mol. The Morgan fingerprint density at radius 1 is 1.21 bits per heavy atom. The van der Waals surface area contributed by atoms with Crippen molar-refractivity contribution in [1.82, 2.24) is 9.88 Å². The molecular formula is C18H17N3OS2. The molecule has 4 nitrogen and oxygen atoms in total. The van der Waals surface area contributed by atoms with Gasteiger partial charge in [0.15, 0.2) is 4.34 Å². The Kier molecular flexibility index (Phi) is 5.27. The third-order valence-corrected chi connectivity index (χ3v) is 5.50. The van der Waals surface area contributed by atoms with Gasteiger partial charge in [0.1, 0.15) is 6.29 Å². The standard InChI is InChI=1S/C18H17N3OS2/c1-21(2)12-19-15-7-8-16-17(9-15)24-18(20-16)23-11-14-5-3-13(10-22)4-6-14/h3-10,12H,11H2,1-2H3. The van der Waals surface area contributed by atoms with Crippen LogP contribution in [0.2, 0.25) is 0 Å². The number of carbonyl (C=O) groups excluding carboxylic acids is 1. The quantitative estimate of drug-likeness (QED) is 0.280. The Balaban J connectivity index is 1.71. The van der Waals surface area contributed by atoms with Crippen LogP contribution in [0.4, 0.5) is 5.69 Å². The largest absolute Gasteiger partial charge is 0.369 e. The molecule has 0 aliphatic rings. The summed E-state index contributed by atoms with van der Waals surface area (Å²) in [5.74, 6) is 0.838. The van der Waals surface area contributed by atoms with Crippen molar-refractivity contribution in [2.24, 2.45) is 4.99 Å². The van der Waals surface area contributed by atoms with Crippen LogP contribution < -0.4 is 0 Å². The zero-order valence-electron chi connectivity index (χ0n) is 13.5. The van der Waals surface area contributed by atoms with Crippen LogP contribution in [0.25, 0.3) is 10.2 Å². The topological polar surface area (TPSA) is 45.6 Å². The van der Waals surface area contributed by atoms with Gasteiger partial charge >= 0.3 is 0 Å². The zero-order valence-corrected chi connectivity index (χ0v) is 15.1. The Morgan fingerprint density at radius 3 is 2.71 bits per heavy atom. The van der Waals surface area contributed by atoms with Crippen LogP contribution in [0.3, 0.4) is 0 Å². The summed E-state index contributed by atoms with van der Waals surface area (Å²) in [6, 6.07) is 13.7. The monoisotopic (exact) mass is 355 g/mol. The maximum Gasteiger partial charge on any atom is 0.151 e. The molecule has 0 amide bonds. The van der Waals surface area contributed by atoms with Gasteiger partial charge in [0.05, 0.1) is 22.2 Å². The van der Waals surface area contributed by atoms with Crippen molar-refractivity contribution in [3.8, 4) is 0 Å². The Labute approximate surface area is 149 Å². The number of thioether (sulfide) groups is 1. The Hall–Kier alpha value is -2.18. The minimum Gasteiger partial charge on any atom is -0.369 e. The first-order valence-corrected chi connectivity index (χ1v) is 9.22. The molecule has 0 saturated heterocycles. The number of nitrogens with zero attached hydrogens (tertiary/aromatic N) is 3. The zero-order chi connectivity index (χ0) is 16.9. The molecule has 0 fully saturated rings. The second kappa shape index (κ2) is 7.59. The van der Waals surface area contributed by atoms with E-state index in [0.717, 1.165) is 32.3 Å². The highest BCUT2D eigenvalue weighted by Gasteiger charge is 2.06. The number of carbonyl (C=O) groups is 1. The van der Waals surface area contributed by atoms with E-state index in [1.54, 1.807) is 29.4 Å². The number of aldehydes is 1. The summed E-state index contributed by atoms with van der Waals surface area (Å²) in [7, 11) is 3.90. The van der Waals surface area contributed by atoms with Crippen molar-refractivity contribution in [2.45, 2.75) is 10.1 Å². The van der Waals surface area contributed by atoms with E-state index in [9.17, 15) is 4.79 Å². The van der Waals surface area contributed by atoms with E-state index in [4.69, 9.17) is 0 Å². The van der Waals surface area contributed by atoms with E-state index in [2.05, 4.69) is 16.0 Å². The predicted octanol–water partition coefficient (Wildman–Crippen LogP) is 4.62. The predicted molar refractivity (Wildman–Crippen MR) is 103 cm³/mol.